The Kier molecular flexibility index (Phi) is 5.80. The van der Waals surface area contributed by atoms with Crippen LogP contribution in [0, 0.1) is 23.7 Å². The van der Waals surface area contributed by atoms with Crippen molar-refractivity contribution in [3.05, 3.63) is 58.6 Å². The number of halogens is 1. The number of carbonyl (C=O) groups is 2. The van der Waals surface area contributed by atoms with Gasteiger partial charge >= 0.3 is 6.03 Å². The number of nitrogens with one attached hydrogen (secondary N) is 1. The average molecular weight is 528 g/mol. The minimum atomic E-state index is -4.06. The van der Waals surface area contributed by atoms with Gasteiger partial charge in [0.1, 0.15) is 4.90 Å². The highest BCUT2D eigenvalue weighted by Gasteiger charge is 2.50. The summed E-state index contributed by atoms with van der Waals surface area (Å²) in [4.78, 5) is 28.2. The molecule has 9 heteroatoms. The number of benzene rings is 2. The molecule has 0 aromatic heterocycles. The smallest absolute Gasteiger partial charge is 0.335 e. The van der Waals surface area contributed by atoms with Gasteiger partial charge in [-0.3, -0.25) is 4.79 Å². The normalized spacial score (nSPS) is 29.6. The lowest BCUT2D eigenvalue weighted by Crippen LogP contribution is -2.57. The summed E-state index contributed by atoms with van der Waals surface area (Å²) in [5.41, 5.74) is 1.43. The van der Waals surface area contributed by atoms with Crippen molar-refractivity contribution in [2.24, 2.45) is 23.7 Å². The van der Waals surface area contributed by atoms with Crippen LogP contribution in [0.15, 0.2) is 47.4 Å². The van der Waals surface area contributed by atoms with E-state index in [1.54, 1.807) is 24.3 Å². The van der Waals surface area contributed by atoms with E-state index in [9.17, 15) is 18.0 Å². The van der Waals surface area contributed by atoms with E-state index < -0.39 is 16.1 Å². The van der Waals surface area contributed by atoms with Crippen molar-refractivity contribution in [1.82, 2.24) is 9.21 Å². The summed E-state index contributed by atoms with van der Waals surface area (Å²) in [5, 5.41) is 2.89. The number of sulfonamides is 1. The Morgan fingerprint density at radius 1 is 1.03 bits per heavy atom. The summed E-state index contributed by atoms with van der Waals surface area (Å²) in [6.07, 6.45) is 6.38. The first-order valence-electron chi connectivity index (χ1n) is 12.8. The van der Waals surface area contributed by atoms with Crippen LogP contribution < -0.4 is 5.32 Å². The number of hydrogen-bond acceptors (Lipinski definition) is 4. The van der Waals surface area contributed by atoms with Crippen LogP contribution in [0.2, 0.25) is 5.02 Å². The Labute approximate surface area is 216 Å². The molecule has 1 heterocycles. The molecule has 190 valence electrons. The van der Waals surface area contributed by atoms with E-state index in [1.165, 1.54) is 50.3 Å². The van der Waals surface area contributed by atoms with E-state index in [2.05, 4.69) is 17.1 Å². The summed E-state index contributed by atoms with van der Waals surface area (Å²) in [5.74, 6) is 2.96. The first-order chi connectivity index (χ1) is 17.2. The lowest BCUT2D eigenvalue weighted by Gasteiger charge is -2.57. The summed E-state index contributed by atoms with van der Waals surface area (Å²) in [6, 6.07) is 10.9. The molecular weight excluding hydrogens is 498 g/mol. The zero-order chi connectivity index (χ0) is 25.2. The summed E-state index contributed by atoms with van der Waals surface area (Å²) in [6.45, 7) is 2.60. The Morgan fingerprint density at radius 3 is 2.28 bits per heavy atom. The fraction of sp³-hybridized carbons (Fsp3) is 0.481. The van der Waals surface area contributed by atoms with Crippen molar-refractivity contribution in [2.75, 3.05) is 11.9 Å². The number of amides is 3. The first-order valence-corrected chi connectivity index (χ1v) is 14.6. The third-order valence-corrected chi connectivity index (χ3v) is 10.6. The van der Waals surface area contributed by atoms with Crippen LogP contribution >= 0.6 is 11.6 Å². The van der Waals surface area contributed by atoms with Crippen molar-refractivity contribution in [3.8, 4) is 0 Å². The molecule has 3 amide bonds. The van der Waals surface area contributed by atoms with Crippen LogP contribution in [0.1, 0.15) is 54.9 Å². The quantitative estimate of drug-likeness (QED) is 0.567. The highest BCUT2D eigenvalue weighted by Crippen LogP contribution is 2.55. The van der Waals surface area contributed by atoms with Crippen molar-refractivity contribution in [1.29, 1.82) is 0 Å². The molecule has 2 aromatic rings. The van der Waals surface area contributed by atoms with Gasteiger partial charge in [-0.15, -0.1) is 0 Å². The van der Waals surface area contributed by atoms with Crippen molar-refractivity contribution in [2.45, 2.75) is 56.5 Å². The highest BCUT2D eigenvalue weighted by molar-refractivity contribution is 7.90. The van der Waals surface area contributed by atoms with E-state index in [0.717, 1.165) is 16.1 Å². The maximum atomic E-state index is 13.6. The summed E-state index contributed by atoms with van der Waals surface area (Å²) in [7, 11) is -4.06. The molecule has 4 aliphatic carbocycles. The molecule has 4 saturated carbocycles. The van der Waals surface area contributed by atoms with Gasteiger partial charge in [-0.05, 0) is 98.6 Å². The van der Waals surface area contributed by atoms with Gasteiger partial charge in [-0.1, -0.05) is 23.7 Å². The number of nitrogens with zero attached hydrogens (tertiary/aromatic N) is 2. The van der Waals surface area contributed by atoms with Gasteiger partial charge in [0.05, 0.1) is 12.2 Å². The van der Waals surface area contributed by atoms with Crippen LogP contribution in [-0.2, 0) is 16.6 Å². The fourth-order valence-corrected chi connectivity index (χ4v) is 9.08. The maximum Gasteiger partial charge on any atom is 0.336 e. The van der Waals surface area contributed by atoms with Gasteiger partial charge in [0.25, 0.3) is 15.9 Å². The van der Waals surface area contributed by atoms with Crippen molar-refractivity contribution < 1.29 is 18.0 Å². The van der Waals surface area contributed by atoms with Crippen molar-refractivity contribution >= 4 is 39.2 Å². The van der Waals surface area contributed by atoms with Gasteiger partial charge in [0.2, 0.25) is 0 Å². The topological polar surface area (TPSA) is 86.8 Å². The maximum absolute atomic E-state index is 13.6. The molecule has 1 N–H and O–H groups in total. The second-order valence-electron chi connectivity index (χ2n) is 10.8. The first kappa shape index (κ1) is 23.8. The molecule has 0 spiro atoms. The molecule has 7 nitrogen and oxygen atoms in total. The lowest BCUT2D eigenvalue weighted by molar-refractivity contribution is -0.0543. The molecule has 0 atom stereocenters. The van der Waals surface area contributed by atoms with E-state index >= 15 is 0 Å². The van der Waals surface area contributed by atoms with Crippen LogP contribution in [-0.4, -0.2) is 42.1 Å². The predicted octanol–water partition coefficient (Wildman–Crippen LogP) is 5.36. The van der Waals surface area contributed by atoms with Crippen LogP contribution in [0.3, 0.4) is 0 Å². The molecule has 0 saturated heterocycles. The Balaban J connectivity index is 1.20. The number of urea groups is 1. The van der Waals surface area contributed by atoms with Gasteiger partial charge in [0.15, 0.2) is 0 Å². The molecule has 2 aromatic carbocycles. The number of rotatable bonds is 5. The van der Waals surface area contributed by atoms with Gasteiger partial charge in [-0.2, -0.15) is 0 Å². The molecule has 4 bridgehead atoms. The Bertz CT molecular complexity index is 1300. The van der Waals surface area contributed by atoms with Gasteiger partial charge < -0.3 is 10.2 Å². The molecule has 5 aliphatic rings. The minimum absolute atomic E-state index is 0.0318. The summed E-state index contributed by atoms with van der Waals surface area (Å²) < 4.78 is 27.0. The second kappa shape index (κ2) is 8.77. The standard InChI is InChI=1S/C27H30ClN3O4S/c1-2-30(25-20-10-17-9-18(12-20)13-21(25)11-17)26(32)19-5-3-16(4-6-19)15-31-27(33)29-23-8-7-22(28)14-24(23)36(31,34)35/h3-8,14,17-18,20-21,25H,2,9-13,15H2,1H3,(H,29,33). The second-order valence-corrected chi connectivity index (χ2v) is 13.1. The summed E-state index contributed by atoms with van der Waals surface area (Å²) >= 11 is 6.00. The van der Waals surface area contributed by atoms with Crippen LogP contribution in [0.25, 0.3) is 0 Å². The highest BCUT2D eigenvalue weighted by atomic mass is 35.5. The number of fused-ring (bicyclic) bond motifs is 1. The average Bonchev–Trinajstić information content (AvgIpc) is 2.84. The Morgan fingerprint density at radius 2 is 1.67 bits per heavy atom. The molecular formula is C27H30ClN3O4S. The molecule has 0 radical (unpaired) electrons. The molecule has 7 rings (SSSR count). The molecule has 36 heavy (non-hydrogen) atoms. The van der Waals surface area contributed by atoms with Crippen molar-refractivity contribution in [3.63, 3.8) is 0 Å². The van der Waals surface area contributed by atoms with Crippen LogP contribution in [0.4, 0.5) is 10.5 Å². The third-order valence-electron chi connectivity index (χ3n) is 8.65. The van der Waals surface area contributed by atoms with Crippen LogP contribution in [0.5, 0.6) is 0 Å². The minimum Gasteiger partial charge on any atom is -0.335 e. The monoisotopic (exact) mass is 527 g/mol. The predicted molar refractivity (Wildman–Crippen MR) is 137 cm³/mol. The molecule has 4 fully saturated rings. The lowest BCUT2D eigenvalue weighted by atomic mass is 9.54. The van der Waals surface area contributed by atoms with E-state index in [1.807, 2.05) is 0 Å². The van der Waals surface area contributed by atoms with E-state index in [4.69, 9.17) is 11.6 Å². The van der Waals surface area contributed by atoms with E-state index in [0.29, 0.717) is 35.5 Å². The van der Waals surface area contributed by atoms with E-state index in [-0.39, 0.29) is 28.1 Å². The zero-order valence-corrected chi connectivity index (χ0v) is 21.8. The van der Waals surface area contributed by atoms with Gasteiger partial charge in [-0.25, -0.2) is 17.5 Å². The number of anilines is 1. The number of carbonyl (C=O) groups excluding carboxylic acids is 2. The Hall–Kier alpha value is -2.58. The largest absolute Gasteiger partial charge is 0.336 e. The SMILES string of the molecule is CCN(C(=O)c1ccc(CN2C(=O)Nc3ccc(Cl)cc3S2(=O)=O)cc1)C1C2CC3CC(C2)CC1C3. The number of hydrogen-bond donors (Lipinski definition) is 1. The molecule has 0 unspecified atom stereocenters. The fourth-order valence-electron chi connectivity index (χ4n) is 7.35. The van der Waals surface area contributed by atoms with Gasteiger partial charge in [0, 0.05) is 23.2 Å². The zero-order valence-electron chi connectivity index (χ0n) is 20.2. The molecule has 1 aliphatic heterocycles. The third kappa shape index (κ3) is 3.89.